The maximum absolute atomic E-state index is 11.6. The van der Waals surface area contributed by atoms with Crippen LogP contribution in [0.4, 0.5) is 0 Å². The van der Waals surface area contributed by atoms with Gasteiger partial charge in [0.2, 0.25) is 0 Å². The summed E-state index contributed by atoms with van der Waals surface area (Å²) in [6.45, 7) is 2.62. The van der Waals surface area contributed by atoms with Crippen molar-refractivity contribution in [2.45, 2.75) is 24.9 Å². The monoisotopic (exact) mass is 381 g/mol. The van der Waals surface area contributed by atoms with E-state index in [1.165, 1.54) is 0 Å². The molecule has 25 heavy (non-hydrogen) atoms. The third-order valence-electron chi connectivity index (χ3n) is 4.39. The number of hydrogen-bond donors (Lipinski definition) is 0. The Balaban J connectivity index is 1.49. The van der Waals surface area contributed by atoms with E-state index >= 15 is 0 Å². The molecule has 1 atom stereocenters. The molecule has 0 unspecified atom stereocenters. The van der Waals surface area contributed by atoms with Gasteiger partial charge in [-0.05, 0) is 30.9 Å². The second-order valence-electron chi connectivity index (χ2n) is 6.39. The van der Waals surface area contributed by atoms with Gasteiger partial charge in [0, 0.05) is 19.2 Å². The molecule has 0 spiro atoms. The second-order valence-corrected chi connectivity index (χ2v) is 9.68. The number of thioether (sulfide) groups is 1. The van der Waals surface area contributed by atoms with Crippen LogP contribution in [-0.2, 0) is 23.3 Å². The molecule has 8 heteroatoms. The number of benzene rings is 1. The van der Waals surface area contributed by atoms with Crippen molar-refractivity contribution in [1.82, 2.24) is 14.8 Å². The quantitative estimate of drug-likeness (QED) is 0.541. The second kappa shape index (κ2) is 7.78. The van der Waals surface area contributed by atoms with Gasteiger partial charge in [-0.3, -0.25) is 0 Å². The van der Waals surface area contributed by atoms with Crippen LogP contribution in [0.3, 0.4) is 0 Å². The number of sulfone groups is 1. The van der Waals surface area contributed by atoms with Crippen LogP contribution in [0, 0.1) is 12.8 Å². The largest absolute Gasteiger partial charge is 0.492 e. The molecule has 1 aromatic carbocycles. The van der Waals surface area contributed by atoms with E-state index in [0.29, 0.717) is 18.8 Å². The van der Waals surface area contributed by atoms with E-state index in [1.807, 2.05) is 42.8 Å². The number of rotatable bonds is 7. The molecule has 0 amide bonds. The molecule has 3 rings (SSSR count). The summed E-state index contributed by atoms with van der Waals surface area (Å²) >= 11 is 1.60. The van der Waals surface area contributed by atoms with Crippen molar-refractivity contribution in [1.29, 1.82) is 0 Å². The van der Waals surface area contributed by atoms with Crippen LogP contribution in [0.5, 0.6) is 5.75 Å². The molecule has 1 aliphatic heterocycles. The number of ether oxygens (including phenoxy) is 1. The van der Waals surface area contributed by atoms with Crippen LogP contribution in [0.25, 0.3) is 0 Å². The molecule has 1 aliphatic rings. The molecule has 1 fully saturated rings. The molecular formula is C17H23N3O3S2. The summed E-state index contributed by atoms with van der Waals surface area (Å²) in [5.74, 6) is 3.27. The number of hydrogen-bond acceptors (Lipinski definition) is 6. The van der Waals surface area contributed by atoms with Crippen LogP contribution in [-0.4, -0.2) is 47.0 Å². The zero-order chi connectivity index (χ0) is 17.9. The Morgan fingerprint density at radius 2 is 2.12 bits per heavy atom. The zero-order valence-corrected chi connectivity index (χ0v) is 16.1. The van der Waals surface area contributed by atoms with Crippen molar-refractivity contribution in [3.05, 3.63) is 35.7 Å². The first-order valence-corrected chi connectivity index (χ1v) is 11.2. The molecule has 2 aromatic rings. The molecule has 136 valence electrons. The van der Waals surface area contributed by atoms with E-state index in [4.69, 9.17) is 4.74 Å². The average Bonchev–Trinajstić information content (AvgIpc) is 3.09. The highest BCUT2D eigenvalue weighted by Crippen LogP contribution is 2.24. The normalized spacial score (nSPS) is 19.2. The van der Waals surface area contributed by atoms with E-state index in [-0.39, 0.29) is 11.7 Å². The summed E-state index contributed by atoms with van der Waals surface area (Å²) < 4.78 is 30.9. The van der Waals surface area contributed by atoms with Gasteiger partial charge >= 0.3 is 0 Å². The average molecular weight is 382 g/mol. The van der Waals surface area contributed by atoms with Gasteiger partial charge in [0.25, 0.3) is 0 Å². The predicted octanol–water partition coefficient (Wildman–Crippen LogP) is 2.27. The van der Waals surface area contributed by atoms with Crippen LogP contribution in [0.1, 0.15) is 17.8 Å². The van der Waals surface area contributed by atoms with E-state index in [9.17, 15) is 8.42 Å². The highest BCUT2D eigenvalue weighted by atomic mass is 32.2. The summed E-state index contributed by atoms with van der Waals surface area (Å²) in [5.41, 5.74) is 1.12. The zero-order valence-electron chi connectivity index (χ0n) is 14.5. The van der Waals surface area contributed by atoms with Crippen LogP contribution in [0.2, 0.25) is 0 Å². The fourth-order valence-corrected chi connectivity index (χ4v) is 5.55. The first-order chi connectivity index (χ1) is 11.9. The maximum atomic E-state index is 11.6. The molecule has 2 heterocycles. The Bertz CT molecular complexity index is 833. The van der Waals surface area contributed by atoms with E-state index in [1.54, 1.807) is 11.8 Å². The standard InChI is InChI=1S/C17H23N3O3S2/c1-13-5-3-4-6-15(13)23-8-9-24-17-19-18-16(20(17)2)11-14-7-10-25(21,22)12-14/h3-6,14H,7-12H2,1-2H3/t14-/m0/s1. The Kier molecular flexibility index (Phi) is 5.68. The predicted molar refractivity (Wildman–Crippen MR) is 98.9 cm³/mol. The van der Waals surface area contributed by atoms with E-state index < -0.39 is 9.84 Å². The van der Waals surface area contributed by atoms with Gasteiger partial charge in [-0.2, -0.15) is 0 Å². The van der Waals surface area contributed by atoms with Crippen LogP contribution < -0.4 is 4.74 Å². The van der Waals surface area contributed by atoms with Crippen molar-refractivity contribution < 1.29 is 13.2 Å². The smallest absolute Gasteiger partial charge is 0.191 e. The van der Waals surface area contributed by atoms with Gasteiger partial charge in [0.05, 0.1) is 18.1 Å². The SMILES string of the molecule is Cc1ccccc1OCCSc1nnc(C[C@@H]2CCS(=O)(=O)C2)n1C. The molecule has 0 saturated carbocycles. The fourth-order valence-electron chi connectivity index (χ4n) is 2.94. The minimum atomic E-state index is -2.85. The lowest BCUT2D eigenvalue weighted by molar-refractivity contribution is 0.341. The van der Waals surface area contributed by atoms with Crippen molar-refractivity contribution in [3.63, 3.8) is 0 Å². The molecule has 0 N–H and O–H groups in total. The van der Waals surface area contributed by atoms with Gasteiger partial charge in [-0.25, -0.2) is 8.42 Å². The van der Waals surface area contributed by atoms with Crippen molar-refractivity contribution in [3.8, 4) is 5.75 Å². The minimum Gasteiger partial charge on any atom is -0.492 e. The summed E-state index contributed by atoms with van der Waals surface area (Å²) in [6, 6.07) is 7.96. The Morgan fingerprint density at radius 3 is 2.84 bits per heavy atom. The Morgan fingerprint density at radius 1 is 1.32 bits per heavy atom. The Hall–Kier alpha value is -1.54. The summed E-state index contributed by atoms with van der Waals surface area (Å²) in [5, 5.41) is 9.30. The van der Waals surface area contributed by atoms with Crippen LogP contribution in [0.15, 0.2) is 29.4 Å². The van der Waals surface area contributed by atoms with Crippen LogP contribution >= 0.6 is 11.8 Å². The maximum Gasteiger partial charge on any atom is 0.191 e. The van der Waals surface area contributed by atoms with E-state index in [2.05, 4.69) is 10.2 Å². The summed E-state index contributed by atoms with van der Waals surface area (Å²) in [6.07, 6.45) is 1.39. The highest BCUT2D eigenvalue weighted by molar-refractivity contribution is 7.99. The molecule has 0 aliphatic carbocycles. The lowest BCUT2D eigenvalue weighted by Gasteiger charge is -2.09. The van der Waals surface area contributed by atoms with Gasteiger partial charge in [0.1, 0.15) is 11.6 Å². The van der Waals surface area contributed by atoms with Gasteiger partial charge in [-0.1, -0.05) is 30.0 Å². The number of para-hydroxylation sites is 1. The number of aromatic nitrogens is 3. The number of nitrogens with zero attached hydrogens (tertiary/aromatic N) is 3. The van der Waals surface area contributed by atoms with Gasteiger partial charge in [-0.15, -0.1) is 10.2 Å². The molecule has 0 bridgehead atoms. The van der Waals surface area contributed by atoms with Crippen molar-refractivity contribution in [2.75, 3.05) is 23.9 Å². The molecular weight excluding hydrogens is 358 g/mol. The summed E-state index contributed by atoms with van der Waals surface area (Å²) in [7, 11) is -0.914. The highest BCUT2D eigenvalue weighted by Gasteiger charge is 2.29. The Labute approximate surface area is 152 Å². The van der Waals surface area contributed by atoms with Gasteiger partial charge < -0.3 is 9.30 Å². The number of aryl methyl sites for hydroxylation is 1. The fraction of sp³-hybridized carbons (Fsp3) is 0.529. The lowest BCUT2D eigenvalue weighted by Crippen LogP contribution is -2.11. The molecule has 6 nitrogen and oxygen atoms in total. The third kappa shape index (κ3) is 4.76. The van der Waals surface area contributed by atoms with E-state index in [0.717, 1.165) is 34.5 Å². The first kappa shape index (κ1) is 18.3. The molecule has 0 radical (unpaired) electrons. The first-order valence-electron chi connectivity index (χ1n) is 8.34. The third-order valence-corrected chi connectivity index (χ3v) is 7.21. The molecule has 1 aromatic heterocycles. The molecule has 1 saturated heterocycles. The van der Waals surface area contributed by atoms with Crippen molar-refractivity contribution >= 4 is 21.6 Å². The van der Waals surface area contributed by atoms with Gasteiger partial charge in [0.15, 0.2) is 15.0 Å². The lowest BCUT2D eigenvalue weighted by atomic mass is 10.1. The topological polar surface area (TPSA) is 74.1 Å². The van der Waals surface area contributed by atoms with Crippen molar-refractivity contribution in [2.24, 2.45) is 13.0 Å². The minimum absolute atomic E-state index is 0.162. The summed E-state index contributed by atoms with van der Waals surface area (Å²) in [4.78, 5) is 0.